The molecule has 0 heterocycles. The molecule has 0 rings (SSSR count). The highest BCUT2D eigenvalue weighted by atomic mass is 28.4. The lowest BCUT2D eigenvalue weighted by atomic mass is 9.95. The van der Waals surface area contributed by atoms with Gasteiger partial charge in [-0.05, 0) is 71.3 Å². The fourth-order valence-corrected chi connectivity index (χ4v) is 16.8. The van der Waals surface area contributed by atoms with Gasteiger partial charge in [0.1, 0.15) is 0 Å². The fourth-order valence-electron chi connectivity index (χ4n) is 5.00. The molecule has 0 spiro atoms. The van der Waals surface area contributed by atoms with Crippen molar-refractivity contribution in [1.82, 2.24) is 0 Å². The number of methoxy groups -OCH3 is 1. The van der Waals surface area contributed by atoms with E-state index in [2.05, 4.69) is 33.1 Å². The topological polar surface area (TPSA) is 83.1 Å². The Bertz CT molecular complexity index is 546. The maximum absolute atomic E-state index is 6.95. The van der Waals surface area contributed by atoms with Crippen LogP contribution < -0.4 is 0 Å². The summed E-state index contributed by atoms with van der Waals surface area (Å²) in [7, 11) is 2.12. The molecule has 0 aromatic heterocycles. The normalized spacial score (nSPS) is 13.9. The van der Waals surface area contributed by atoms with E-state index in [0.29, 0.717) is 0 Å². The Morgan fingerprint density at radius 2 is 0.973 bits per heavy atom. The first-order valence-electron chi connectivity index (χ1n) is 13.5. The first-order chi connectivity index (χ1) is 17.3. The standard InChI is InChI=1S/C24H58O9Si4/c1-24(18-16-22-36(26-3,27-4)28-5,19-17-23-37(29-6,30-7)31-8)32-35(11,12)33-34(9,10)21-15-13-14-20-25-2/h13-23H2,1-12H3. The molecule has 0 aliphatic rings. The van der Waals surface area contributed by atoms with Crippen molar-refractivity contribution in [1.29, 1.82) is 0 Å². The summed E-state index contributed by atoms with van der Waals surface area (Å²) in [5, 5.41) is 0. The van der Waals surface area contributed by atoms with Gasteiger partial charge in [-0.1, -0.05) is 12.8 Å². The van der Waals surface area contributed by atoms with Gasteiger partial charge in [0.2, 0.25) is 0 Å². The molecule has 0 bridgehead atoms. The molecule has 0 fully saturated rings. The second-order valence-electron chi connectivity index (χ2n) is 10.9. The maximum atomic E-state index is 6.95. The third kappa shape index (κ3) is 14.6. The van der Waals surface area contributed by atoms with Crippen LogP contribution in [0, 0.1) is 0 Å². The van der Waals surface area contributed by atoms with Crippen molar-refractivity contribution < 1.29 is 39.8 Å². The summed E-state index contributed by atoms with van der Waals surface area (Å²) >= 11 is 0. The lowest BCUT2D eigenvalue weighted by molar-refractivity contribution is 0.0349. The zero-order chi connectivity index (χ0) is 28.6. The average molecular weight is 603 g/mol. The van der Waals surface area contributed by atoms with Crippen LogP contribution in [0.1, 0.15) is 51.9 Å². The minimum Gasteiger partial charge on any atom is -0.436 e. The van der Waals surface area contributed by atoms with Gasteiger partial charge in [-0.25, -0.2) is 0 Å². The van der Waals surface area contributed by atoms with Gasteiger partial charge in [0.15, 0.2) is 8.32 Å². The molecule has 0 N–H and O–H groups in total. The number of rotatable bonds is 24. The van der Waals surface area contributed by atoms with Crippen molar-refractivity contribution in [3.8, 4) is 0 Å². The van der Waals surface area contributed by atoms with E-state index in [1.165, 1.54) is 12.8 Å². The van der Waals surface area contributed by atoms with E-state index in [1.54, 1.807) is 49.8 Å². The molecule has 0 saturated carbocycles. The van der Waals surface area contributed by atoms with Crippen molar-refractivity contribution in [2.75, 3.05) is 56.4 Å². The molecule has 0 aromatic carbocycles. The zero-order valence-corrected chi connectivity index (χ0v) is 30.0. The Morgan fingerprint density at radius 1 is 0.541 bits per heavy atom. The quantitative estimate of drug-likeness (QED) is 0.100. The van der Waals surface area contributed by atoms with E-state index in [4.69, 9.17) is 39.8 Å². The molecular weight excluding hydrogens is 545 g/mol. The highest BCUT2D eigenvalue weighted by Crippen LogP contribution is 2.34. The molecule has 0 radical (unpaired) electrons. The summed E-state index contributed by atoms with van der Waals surface area (Å²) < 4.78 is 52.8. The molecule has 0 amide bonds. The zero-order valence-electron chi connectivity index (χ0n) is 26.0. The van der Waals surface area contributed by atoms with E-state index >= 15 is 0 Å². The van der Waals surface area contributed by atoms with Crippen LogP contribution in [0.3, 0.4) is 0 Å². The SMILES string of the molecule is COCCCCC[Si](C)(C)O[Si](C)(C)OC(C)(CCC[Si](OC)(OC)OC)CCC[Si](OC)(OC)OC. The Kier molecular flexibility index (Phi) is 18.3. The third-order valence-electron chi connectivity index (χ3n) is 6.88. The molecule has 9 nitrogen and oxygen atoms in total. The fraction of sp³-hybridized carbons (Fsp3) is 1.00. The number of unbranched alkanes of at least 4 members (excludes halogenated alkanes) is 2. The Labute approximate surface area is 232 Å². The molecule has 37 heavy (non-hydrogen) atoms. The monoisotopic (exact) mass is 602 g/mol. The molecule has 0 aliphatic carbocycles. The highest BCUT2D eigenvalue weighted by Gasteiger charge is 2.43. The lowest BCUT2D eigenvalue weighted by Gasteiger charge is -2.41. The molecule has 0 aliphatic heterocycles. The van der Waals surface area contributed by atoms with E-state index in [1.807, 2.05) is 0 Å². The number of hydrogen-bond donors (Lipinski definition) is 0. The maximum Gasteiger partial charge on any atom is 0.500 e. The predicted octanol–water partition coefficient (Wildman–Crippen LogP) is 5.82. The first kappa shape index (κ1) is 37.5. The van der Waals surface area contributed by atoms with Gasteiger partial charge in [0, 0.05) is 68.5 Å². The van der Waals surface area contributed by atoms with Crippen LogP contribution >= 0.6 is 0 Å². The summed E-state index contributed by atoms with van der Waals surface area (Å²) in [6.07, 6.45) is 6.86. The minimum atomic E-state index is -2.65. The number of ether oxygens (including phenoxy) is 1. The van der Waals surface area contributed by atoms with E-state index in [9.17, 15) is 0 Å². The van der Waals surface area contributed by atoms with Crippen molar-refractivity contribution in [2.24, 2.45) is 0 Å². The van der Waals surface area contributed by atoms with Crippen LogP contribution in [0.2, 0.25) is 44.3 Å². The highest BCUT2D eigenvalue weighted by molar-refractivity contribution is 6.82. The van der Waals surface area contributed by atoms with Crippen molar-refractivity contribution in [2.45, 2.75) is 102 Å². The van der Waals surface area contributed by atoms with Gasteiger partial charge >= 0.3 is 26.2 Å². The van der Waals surface area contributed by atoms with Crippen LogP contribution in [0.4, 0.5) is 0 Å². The average Bonchev–Trinajstić information content (AvgIpc) is 2.84. The summed E-state index contributed by atoms with van der Waals surface area (Å²) in [5.41, 5.74) is -0.372. The van der Waals surface area contributed by atoms with Crippen molar-refractivity contribution in [3.05, 3.63) is 0 Å². The van der Waals surface area contributed by atoms with Crippen LogP contribution in [-0.2, 0) is 39.8 Å². The molecule has 224 valence electrons. The smallest absolute Gasteiger partial charge is 0.436 e. The molecule has 0 unspecified atom stereocenters. The lowest BCUT2D eigenvalue weighted by Crippen LogP contribution is -2.52. The van der Waals surface area contributed by atoms with Gasteiger partial charge in [-0.15, -0.1) is 0 Å². The van der Waals surface area contributed by atoms with Gasteiger partial charge < -0.3 is 39.8 Å². The largest absolute Gasteiger partial charge is 0.500 e. The Balaban J connectivity index is 5.42. The van der Waals surface area contributed by atoms with Gasteiger partial charge in [0.05, 0.1) is 5.60 Å². The van der Waals surface area contributed by atoms with Crippen molar-refractivity contribution in [3.63, 3.8) is 0 Å². The first-order valence-corrected chi connectivity index (χ1v) is 23.3. The second-order valence-corrected chi connectivity index (χ2v) is 24.9. The van der Waals surface area contributed by atoms with E-state index < -0.39 is 34.5 Å². The van der Waals surface area contributed by atoms with Crippen LogP contribution in [0.15, 0.2) is 0 Å². The van der Waals surface area contributed by atoms with Crippen molar-refractivity contribution >= 4 is 34.5 Å². The van der Waals surface area contributed by atoms with E-state index in [-0.39, 0.29) is 5.60 Å². The van der Waals surface area contributed by atoms with Gasteiger partial charge in [-0.3, -0.25) is 0 Å². The summed E-state index contributed by atoms with van der Waals surface area (Å²) in [6.45, 7) is 12.0. The molecule has 0 saturated heterocycles. The predicted molar refractivity (Wildman–Crippen MR) is 158 cm³/mol. The molecular formula is C24H58O9Si4. The second kappa shape index (κ2) is 18.0. The van der Waals surface area contributed by atoms with Crippen LogP contribution in [-0.4, -0.2) is 96.5 Å². The Morgan fingerprint density at radius 3 is 1.35 bits per heavy atom. The van der Waals surface area contributed by atoms with Gasteiger partial charge in [0.25, 0.3) is 0 Å². The van der Waals surface area contributed by atoms with E-state index in [0.717, 1.165) is 56.8 Å². The van der Waals surface area contributed by atoms with Crippen LogP contribution in [0.5, 0.6) is 0 Å². The van der Waals surface area contributed by atoms with Gasteiger partial charge in [-0.2, -0.15) is 0 Å². The third-order valence-corrected chi connectivity index (χ3v) is 19.3. The minimum absolute atomic E-state index is 0.372. The number of hydrogen-bond acceptors (Lipinski definition) is 9. The Hall–Kier alpha value is 0.508. The summed E-state index contributed by atoms with van der Waals surface area (Å²) in [4.78, 5) is 0. The molecule has 0 atom stereocenters. The van der Waals surface area contributed by atoms with Crippen LogP contribution in [0.25, 0.3) is 0 Å². The summed E-state index contributed by atoms with van der Waals surface area (Å²) in [6, 6.07) is 2.58. The molecule has 0 aromatic rings. The molecule has 13 heteroatoms. The summed E-state index contributed by atoms with van der Waals surface area (Å²) in [5.74, 6) is 0.